The number of nitrogens with one attached hydrogen (secondary N) is 1. The minimum absolute atomic E-state index is 0.00182. The first-order chi connectivity index (χ1) is 18.5. The van der Waals surface area contributed by atoms with Crippen LogP contribution in [0.4, 0.5) is 14.5 Å². The highest BCUT2D eigenvalue weighted by molar-refractivity contribution is 6.13. The standard InChI is InChI=1S/C34H41BF2N2/c1-9-23(7)38-32(13-5)24(8)39(33-19-16-27(20-22(33)6)34(35,36)37)21-31-28(12-4)29(25(10-2)11-3)17-18-30(31)26-14-15-26/h2,11-12,16-20,26,32,38H,4,7-9,13-15,21,35H2,1,3,5-6H3/b25-11-/t32-/m0/s1. The van der Waals surface area contributed by atoms with Gasteiger partial charge >= 0.3 is 0 Å². The summed E-state index contributed by atoms with van der Waals surface area (Å²) in [4.78, 5) is 2.17. The quantitative estimate of drug-likeness (QED) is 0.210. The largest absolute Gasteiger partial charge is 0.381 e. The van der Waals surface area contributed by atoms with E-state index < -0.39 is 5.82 Å². The van der Waals surface area contributed by atoms with Crippen LogP contribution in [0.5, 0.6) is 0 Å². The molecule has 0 bridgehead atoms. The van der Waals surface area contributed by atoms with Crippen LogP contribution in [0.15, 0.2) is 67.5 Å². The smallest absolute Gasteiger partial charge is 0.231 e. The Bertz CT molecular complexity index is 1320. The van der Waals surface area contributed by atoms with Crippen molar-refractivity contribution in [3.63, 3.8) is 0 Å². The highest BCUT2D eigenvalue weighted by atomic mass is 19.3. The van der Waals surface area contributed by atoms with Gasteiger partial charge in [-0.15, -0.1) is 6.42 Å². The van der Waals surface area contributed by atoms with E-state index in [1.807, 2.05) is 26.0 Å². The van der Waals surface area contributed by atoms with Gasteiger partial charge in [-0.05, 0) is 85.4 Å². The van der Waals surface area contributed by atoms with Gasteiger partial charge in [-0.25, -0.2) is 8.78 Å². The molecule has 0 saturated heterocycles. The van der Waals surface area contributed by atoms with Crippen molar-refractivity contribution in [1.82, 2.24) is 5.32 Å². The van der Waals surface area contributed by atoms with Crippen LogP contribution in [0.1, 0.15) is 85.8 Å². The van der Waals surface area contributed by atoms with Crippen LogP contribution in [0.3, 0.4) is 0 Å². The first-order valence-electron chi connectivity index (χ1n) is 13.8. The van der Waals surface area contributed by atoms with E-state index in [0.29, 0.717) is 12.5 Å². The van der Waals surface area contributed by atoms with Crippen molar-refractivity contribution in [2.24, 2.45) is 0 Å². The van der Waals surface area contributed by atoms with Gasteiger partial charge in [0.05, 0.1) is 6.04 Å². The van der Waals surface area contributed by atoms with Crippen LogP contribution < -0.4 is 10.2 Å². The summed E-state index contributed by atoms with van der Waals surface area (Å²) in [7, 11) is 0.930. The molecule has 204 valence electrons. The van der Waals surface area contributed by atoms with Crippen LogP contribution in [-0.2, 0) is 12.4 Å². The van der Waals surface area contributed by atoms with E-state index in [0.717, 1.165) is 78.4 Å². The summed E-state index contributed by atoms with van der Waals surface area (Å²) in [6.45, 7) is 21.4. The molecule has 0 heterocycles. The Hall–Kier alpha value is -3.52. The van der Waals surface area contributed by atoms with Gasteiger partial charge in [0.2, 0.25) is 5.82 Å². The molecular weight excluding hydrogens is 485 g/mol. The van der Waals surface area contributed by atoms with Gasteiger partial charge < -0.3 is 10.2 Å². The normalized spacial score (nSPS) is 14.3. The number of benzene rings is 2. The SMILES string of the molecule is BC(F)(F)c1ccc(N(Cc2c(C3CC3)ccc(/C(C#C)=C\C)c2C=C)C(=C)[C@H](CC)NC(=C)CC)c(C)c1. The monoisotopic (exact) mass is 526 g/mol. The van der Waals surface area contributed by atoms with E-state index in [9.17, 15) is 8.78 Å². The summed E-state index contributed by atoms with van der Waals surface area (Å²) < 4.78 is 28.4. The molecule has 39 heavy (non-hydrogen) atoms. The first-order valence-corrected chi connectivity index (χ1v) is 13.8. The lowest BCUT2D eigenvalue weighted by atomic mass is 9.88. The van der Waals surface area contributed by atoms with Gasteiger partial charge in [-0.1, -0.05) is 69.9 Å². The zero-order valence-electron chi connectivity index (χ0n) is 24.1. The molecule has 3 rings (SSSR count). The molecule has 0 radical (unpaired) electrons. The second-order valence-electron chi connectivity index (χ2n) is 10.4. The molecule has 5 heteroatoms. The lowest BCUT2D eigenvalue weighted by molar-refractivity contribution is 0.0941. The molecule has 0 unspecified atom stereocenters. The van der Waals surface area contributed by atoms with Gasteiger partial charge in [0.15, 0.2) is 7.85 Å². The average Bonchev–Trinajstić information content (AvgIpc) is 3.75. The second-order valence-corrected chi connectivity index (χ2v) is 10.4. The van der Waals surface area contributed by atoms with Gasteiger partial charge in [0, 0.05) is 34.8 Å². The predicted octanol–water partition coefficient (Wildman–Crippen LogP) is 8.05. The van der Waals surface area contributed by atoms with Gasteiger partial charge in [0.1, 0.15) is 0 Å². The Morgan fingerprint density at radius 3 is 2.44 bits per heavy atom. The predicted molar refractivity (Wildman–Crippen MR) is 167 cm³/mol. The number of allylic oxidation sites excluding steroid dienone is 3. The lowest BCUT2D eigenvalue weighted by Crippen LogP contribution is -2.38. The van der Waals surface area contributed by atoms with E-state index in [1.165, 1.54) is 11.6 Å². The van der Waals surface area contributed by atoms with Crippen LogP contribution >= 0.6 is 0 Å². The summed E-state index contributed by atoms with van der Waals surface area (Å²) in [5.41, 5.74) is 8.63. The number of aryl methyl sites for hydroxylation is 1. The lowest BCUT2D eigenvalue weighted by Gasteiger charge is -2.35. The highest BCUT2D eigenvalue weighted by Gasteiger charge is 2.31. The zero-order chi connectivity index (χ0) is 28.9. The van der Waals surface area contributed by atoms with Crippen molar-refractivity contribution >= 4 is 25.2 Å². The number of terminal acetylenes is 1. The Kier molecular flexibility index (Phi) is 9.67. The van der Waals surface area contributed by atoms with Crippen LogP contribution in [-0.4, -0.2) is 13.9 Å². The van der Waals surface area contributed by atoms with Crippen molar-refractivity contribution < 1.29 is 8.78 Å². The third-order valence-corrected chi connectivity index (χ3v) is 7.62. The number of alkyl halides is 2. The van der Waals surface area contributed by atoms with Crippen LogP contribution in [0.2, 0.25) is 0 Å². The summed E-state index contributed by atoms with van der Waals surface area (Å²) in [6.07, 6.45) is 13.6. The number of rotatable bonds is 13. The van der Waals surface area contributed by atoms with Crippen LogP contribution in [0, 0.1) is 19.3 Å². The van der Waals surface area contributed by atoms with Gasteiger partial charge in [0.25, 0.3) is 0 Å². The maximum Gasteiger partial charge on any atom is 0.231 e. The maximum absolute atomic E-state index is 14.2. The molecule has 1 atom stereocenters. The molecular formula is C34H41BF2N2. The second kappa shape index (κ2) is 12.6. The Morgan fingerprint density at radius 2 is 1.95 bits per heavy atom. The molecule has 2 aromatic rings. The first kappa shape index (κ1) is 30.0. The van der Waals surface area contributed by atoms with Crippen molar-refractivity contribution in [3.8, 4) is 12.3 Å². The fourth-order valence-corrected chi connectivity index (χ4v) is 5.11. The maximum atomic E-state index is 14.2. The minimum atomic E-state index is -2.92. The Balaban J connectivity index is 2.23. The Morgan fingerprint density at radius 1 is 1.26 bits per heavy atom. The third-order valence-electron chi connectivity index (χ3n) is 7.62. The molecule has 1 saturated carbocycles. The minimum Gasteiger partial charge on any atom is -0.381 e. The fourth-order valence-electron chi connectivity index (χ4n) is 5.11. The number of anilines is 1. The van der Waals surface area contributed by atoms with Crippen molar-refractivity contribution in [2.75, 3.05) is 4.90 Å². The van der Waals surface area contributed by atoms with E-state index in [1.54, 1.807) is 12.1 Å². The number of hydrogen-bond donors (Lipinski definition) is 1. The van der Waals surface area contributed by atoms with Gasteiger partial charge in [-0.3, -0.25) is 0 Å². The Labute approximate surface area is 235 Å². The molecule has 0 aliphatic heterocycles. The summed E-state index contributed by atoms with van der Waals surface area (Å²) in [5.74, 6) is 0.391. The molecule has 1 fully saturated rings. The topological polar surface area (TPSA) is 15.3 Å². The molecule has 1 aliphatic rings. The van der Waals surface area contributed by atoms with E-state index in [-0.39, 0.29) is 11.6 Å². The summed E-state index contributed by atoms with van der Waals surface area (Å²) in [6, 6.07) is 9.12. The molecule has 1 aliphatic carbocycles. The van der Waals surface area contributed by atoms with Gasteiger partial charge in [-0.2, -0.15) is 0 Å². The zero-order valence-corrected chi connectivity index (χ0v) is 24.1. The molecule has 0 aromatic heterocycles. The number of nitrogens with zero attached hydrogens (tertiary/aromatic N) is 1. The molecule has 0 amide bonds. The summed E-state index contributed by atoms with van der Waals surface area (Å²) >= 11 is 0. The van der Waals surface area contributed by atoms with Crippen molar-refractivity contribution in [3.05, 3.63) is 101 Å². The summed E-state index contributed by atoms with van der Waals surface area (Å²) in [5, 5.41) is 3.52. The van der Waals surface area contributed by atoms with E-state index in [4.69, 9.17) is 6.42 Å². The third kappa shape index (κ3) is 6.74. The number of halogens is 2. The average molecular weight is 527 g/mol. The molecule has 2 aromatic carbocycles. The van der Waals surface area contributed by atoms with E-state index in [2.05, 4.69) is 61.9 Å². The van der Waals surface area contributed by atoms with Crippen LogP contribution in [0.25, 0.3) is 11.6 Å². The molecule has 2 nitrogen and oxygen atoms in total. The number of hydrogen-bond acceptors (Lipinski definition) is 2. The highest BCUT2D eigenvalue weighted by Crippen LogP contribution is 2.45. The van der Waals surface area contributed by atoms with Crippen molar-refractivity contribution in [1.29, 1.82) is 0 Å². The van der Waals surface area contributed by atoms with E-state index >= 15 is 0 Å². The molecule has 1 N–H and O–H groups in total. The van der Waals surface area contributed by atoms with Crippen molar-refractivity contribution in [2.45, 2.75) is 77.7 Å². The molecule has 0 spiro atoms. The fraction of sp³-hybridized carbons (Fsp3) is 0.353.